The molecular weight excluding hydrogens is 294 g/mol. The van der Waals surface area contributed by atoms with Gasteiger partial charge in [0.05, 0.1) is 5.69 Å². The van der Waals surface area contributed by atoms with Crippen LogP contribution in [0.5, 0.6) is 0 Å². The molecule has 4 rings (SSSR count). The summed E-state index contributed by atoms with van der Waals surface area (Å²) in [4.78, 5) is 4.58. The molecule has 118 valence electrons. The molecular formula is C22H19NO. The van der Waals surface area contributed by atoms with Crippen molar-refractivity contribution in [2.45, 2.75) is 20.8 Å². The van der Waals surface area contributed by atoms with Gasteiger partial charge in [-0.05, 0) is 38.0 Å². The average molecular weight is 313 g/mol. The van der Waals surface area contributed by atoms with Gasteiger partial charge in [-0.15, -0.1) is 0 Å². The van der Waals surface area contributed by atoms with Gasteiger partial charge >= 0.3 is 0 Å². The molecule has 0 atom stereocenters. The fourth-order valence-electron chi connectivity index (χ4n) is 3.39. The van der Waals surface area contributed by atoms with Crippen LogP contribution in [0.2, 0.25) is 0 Å². The Kier molecular flexibility index (Phi) is 3.46. The molecule has 0 aliphatic carbocycles. The maximum atomic E-state index is 6.18. The molecule has 0 fully saturated rings. The van der Waals surface area contributed by atoms with Crippen molar-refractivity contribution < 1.29 is 4.42 Å². The SMILES string of the molecule is Cc1cc(C)c(-c2cc3cnc(-c4ccccc4)cc3o2)c(C)c1. The van der Waals surface area contributed by atoms with Crippen molar-refractivity contribution in [1.82, 2.24) is 4.98 Å². The van der Waals surface area contributed by atoms with Crippen molar-refractivity contribution in [3.8, 4) is 22.6 Å². The van der Waals surface area contributed by atoms with Crippen LogP contribution in [-0.4, -0.2) is 4.98 Å². The van der Waals surface area contributed by atoms with Crippen LogP contribution in [0, 0.1) is 20.8 Å². The molecule has 0 aliphatic heterocycles. The Balaban J connectivity index is 1.85. The number of benzene rings is 2. The van der Waals surface area contributed by atoms with Crippen LogP contribution in [0.4, 0.5) is 0 Å². The summed E-state index contributed by atoms with van der Waals surface area (Å²) in [5.74, 6) is 0.909. The Morgan fingerprint density at radius 3 is 2.25 bits per heavy atom. The van der Waals surface area contributed by atoms with E-state index in [2.05, 4.69) is 56.1 Å². The number of pyridine rings is 1. The molecule has 0 saturated heterocycles. The Hall–Kier alpha value is -2.87. The summed E-state index contributed by atoms with van der Waals surface area (Å²) in [6.07, 6.45) is 1.89. The molecule has 2 nitrogen and oxygen atoms in total. The lowest BCUT2D eigenvalue weighted by molar-refractivity contribution is 0.630. The summed E-state index contributed by atoms with van der Waals surface area (Å²) in [5.41, 5.74) is 7.83. The van der Waals surface area contributed by atoms with Crippen molar-refractivity contribution in [3.05, 3.63) is 77.5 Å². The molecule has 0 saturated carbocycles. The van der Waals surface area contributed by atoms with E-state index in [4.69, 9.17) is 4.42 Å². The molecule has 0 bridgehead atoms. The lowest BCUT2D eigenvalue weighted by Gasteiger charge is -2.08. The van der Waals surface area contributed by atoms with Gasteiger partial charge in [-0.2, -0.15) is 0 Å². The van der Waals surface area contributed by atoms with Gasteiger partial charge in [0.25, 0.3) is 0 Å². The highest BCUT2D eigenvalue weighted by atomic mass is 16.3. The first-order valence-corrected chi connectivity index (χ1v) is 8.15. The van der Waals surface area contributed by atoms with E-state index in [-0.39, 0.29) is 0 Å². The first-order chi connectivity index (χ1) is 11.6. The molecule has 0 aliphatic rings. The number of furan rings is 1. The first kappa shape index (κ1) is 14.7. The maximum absolute atomic E-state index is 6.18. The standard InChI is InChI=1S/C22H19NO/c1-14-9-15(2)22(16(3)10-14)21-11-18-13-23-19(12-20(18)24-21)17-7-5-4-6-8-17/h4-13H,1-3H3. The molecule has 2 aromatic heterocycles. The largest absolute Gasteiger partial charge is 0.456 e. The number of aryl methyl sites for hydroxylation is 3. The third-order valence-electron chi connectivity index (χ3n) is 4.39. The second kappa shape index (κ2) is 5.64. The van der Waals surface area contributed by atoms with Crippen LogP contribution in [0.3, 0.4) is 0 Å². The van der Waals surface area contributed by atoms with Crippen LogP contribution in [0.25, 0.3) is 33.6 Å². The van der Waals surface area contributed by atoms with E-state index in [9.17, 15) is 0 Å². The number of hydrogen-bond acceptors (Lipinski definition) is 2. The zero-order valence-electron chi connectivity index (χ0n) is 14.1. The van der Waals surface area contributed by atoms with Crippen molar-refractivity contribution in [2.24, 2.45) is 0 Å². The fraction of sp³-hybridized carbons (Fsp3) is 0.136. The molecule has 0 spiro atoms. The van der Waals surface area contributed by atoms with E-state index >= 15 is 0 Å². The summed E-state index contributed by atoms with van der Waals surface area (Å²) in [6, 6.07) is 18.7. The monoisotopic (exact) mass is 313 g/mol. The molecule has 0 radical (unpaired) electrons. The average Bonchev–Trinajstić information content (AvgIpc) is 2.97. The zero-order valence-corrected chi connectivity index (χ0v) is 14.1. The fourth-order valence-corrected chi connectivity index (χ4v) is 3.39. The number of rotatable bonds is 2. The van der Waals surface area contributed by atoms with Crippen LogP contribution in [-0.2, 0) is 0 Å². The molecule has 0 amide bonds. The van der Waals surface area contributed by atoms with E-state index in [1.807, 2.05) is 30.5 Å². The predicted octanol–water partition coefficient (Wildman–Crippen LogP) is 6.09. The third-order valence-corrected chi connectivity index (χ3v) is 4.39. The van der Waals surface area contributed by atoms with E-state index in [0.29, 0.717) is 0 Å². The minimum Gasteiger partial charge on any atom is -0.456 e. The summed E-state index contributed by atoms with van der Waals surface area (Å²) in [5, 5.41) is 1.03. The topological polar surface area (TPSA) is 26.0 Å². The maximum Gasteiger partial charge on any atom is 0.138 e. The molecule has 2 heteroatoms. The van der Waals surface area contributed by atoms with E-state index in [1.165, 1.54) is 22.3 Å². The highest BCUT2D eigenvalue weighted by Crippen LogP contribution is 2.34. The third kappa shape index (κ3) is 2.50. The summed E-state index contributed by atoms with van der Waals surface area (Å²) in [6.45, 7) is 6.39. The van der Waals surface area contributed by atoms with Crippen molar-refractivity contribution >= 4 is 11.0 Å². The van der Waals surface area contributed by atoms with Gasteiger partial charge in [0.2, 0.25) is 0 Å². The van der Waals surface area contributed by atoms with Gasteiger partial charge < -0.3 is 4.42 Å². The molecule has 24 heavy (non-hydrogen) atoms. The Morgan fingerprint density at radius 1 is 0.833 bits per heavy atom. The quantitative estimate of drug-likeness (QED) is 0.448. The minimum absolute atomic E-state index is 0.873. The molecule has 0 unspecified atom stereocenters. The molecule has 4 aromatic rings. The number of nitrogens with zero attached hydrogens (tertiary/aromatic N) is 1. The van der Waals surface area contributed by atoms with Crippen molar-refractivity contribution in [1.29, 1.82) is 0 Å². The Labute approximate surface area is 141 Å². The van der Waals surface area contributed by atoms with Gasteiger partial charge in [-0.1, -0.05) is 48.0 Å². The van der Waals surface area contributed by atoms with E-state index in [0.717, 1.165) is 28.0 Å². The van der Waals surface area contributed by atoms with Crippen LogP contribution in [0.15, 0.2) is 65.2 Å². The van der Waals surface area contributed by atoms with Gasteiger partial charge in [-0.25, -0.2) is 0 Å². The van der Waals surface area contributed by atoms with E-state index in [1.54, 1.807) is 0 Å². The first-order valence-electron chi connectivity index (χ1n) is 8.15. The normalized spacial score (nSPS) is 11.1. The molecule has 0 N–H and O–H groups in total. The summed E-state index contributed by atoms with van der Waals surface area (Å²) < 4.78 is 6.18. The van der Waals surface area contributed by atoms with Crippen LogP contribution < -0.4 is 0 Å². The van der Waals surface area contributed by atoms with Gasteiger partial charge in [0, 0.05) is 28.8 Å². The van der Waals surface area contributed by atoms with Crippen molar-refractivity contribution in [2.75, 3.05) is 0 Å². The second-order valence-corrected chi connectivity index (χ2v) is 6.36. The zero-order chi connectivity index (χ0) is 16.7. The summed E-state index contributed by atoms with van der Waals surface area (Å²) in [7, 11) is 0. The van der Waals surface area contributed by atoms with Gasteiger partial charge in [0.15, 0.2) is 0 Å². The number of hydrogen-bond donors (Lipinski definition) is 0. The van der Waals surface area contributed by atoms with Crippen LogP contribution in [0.1, 0.15) is 16.7 Å². The van der Waals surface area contributed by atoms with Gasteiger partial charge in [-0.3, -0.25) is 4.98 Å². The number of aromatic nitrogens is 1. The number of fused-ring (bicyclic) bond motifs is 1. The predicted molar refractivity (Wildman–Crippen MR) is 99.1 cm³/mol. The minimum atomic E-state index is 0.873. The van der Waals surface area contributed by atoms with Crippen molar-refractivity contribution in [3.63, 3.8) is 0 Å². The second-order valence-electron chi connectivity index (χ2n) is 6.36. The Morgan fingerprint density at radius 2 is 1.54 bits per heavy atom. The molecule has 2 aromatic carbocycles. The molecule has 2 heterocycles. The van der Waals surface area contributed by atoms with Gasteiger partial charge in [0.1, 0.15) is 11.3 Å². The highest BCUT2D eigenvalue weighted by Gasteiger charge is 2.13. The lowest BCUT2D eigenvalue weighted by Crippen LogP contribution is -1.88. The summed E-state index contributed by atoms with van der Waals surface area (Å²) >= 11 is 0. The van der Waals surface area contributed by atoms with E-state index < -0.39 is 0 Å². The smallest absolute Gasteiger partial charge is 0.138 e. The van der Waals surface area contributed by atoms with Crippen LogP contribution >= 0.6 is 0 Å². The Bertz CT molecular complexity index is 1010. The lowest BCUT2D eigenvalue weighted by atomic mass is 9.98. The highest BCUT2D eigenvalue weighted by molar-refractivity contribution is 5.86.